The molecule has 0 atom stereocenters. The number of para-hydroxylation sites is 1. The predicted molar refractivity (Wildman–Crippen MR) is 136 cm³/mol. The first-order valence-corrected chi connectivity index (χ1v) is 12.9. The van der Waals surface area contributed by atoms with Crippen LogP contribution in [0.25, 0.3) is 0 Å². The molecule has 1 aromatic rings. The summed E-state index contributed by atoms with van der Waals surface area (Å²) in [4.78, 5) is 12.4. The van der Waals surface area contributed by atoms with Crippen LogP contribution in [-0.4, -0.2) is 24.2 Å². The van der Waals surface area contributed by atoms with E-state index in [-0.39, 0.29) is 5.91 Å². The fraction of sp³-hybridized carbons (Fsp3) is 0.692. The average Bonchev–Trinajstić information content (AvgIpc) is 2.77. The van der Waals surface area contributed by atoms with Gasteiger partial charge in [-0.05, 0) is 37.7 Å². The fourth-order valence-corrected chi connectivity index (χ4v) is 3.87. The Morgan fingerprint density at radius 1 is 0.806 bits per heavy atom. The van der Waals surface area contributed by atoms with Gasteiger partial charge in [-0.1, -0.05) is 103 Å². The number of rotatable bonds is 18. The largest absolute Gasteiger partial charge is 0.493 e. The highest BCUT2D eigenvalue weighted by Gasteiger charge is 2.12. The maximum Gasteiger partial charge on any atom is 0.261 e. The molecule has 1 amide bonds. The van der Waals surface area contributed by atoms with E-state index in [1.54, 1.807) is 12.1 Å². The summed E-state index contributed by atoms with van der Waals surface area (Å²) in [6.07, 6.45) is 18.9. The molecule has 0 fully saturated rings. The zero-order valence-corrected chi connectivity index (χ0v) is 20.7. The van der Waals surface area contributed by atoms with Gasteiger partial charge in [0.25, 0.3) is 5.91 Å². The summed E-state index contributed by atoms with van der Waals surface area (Å²) >= 11 is 5.25. The second-order valence-corrected chi connectivity index (χ2v) is 8.64. The van der Waals surface area contributed by atoms with E-state index in [2.05, 4.69) is 17.6 Å². The normalized spacial score (nSPS) is 10.6. The van der Waals surface area contributed by atoms with Crippen molar-refractivity contribution < 1.29 is 9.53 Å². The van der Waals surface area contributed by atoms with E-state index in [9.17, 15) is 4.79 Å². The SMILES string of the molecule is CCCCCCCCCCCCCCCCNC(=S)NC(=O)c1ccccc1OCC. The first kappa shape index (κ1) is 27.4. The molecule has 0 heterocycles. The smallest absolute Gasteiger partial charge is 0.261 e. The van der Waals surface area contributed by atoms with Gasteiger partial charge in [0, 0.05) is 6.54 Å². The standard InChI is InChI=1S/C26H44N2O2S/c1-3-5-6-7-8-9-10-11-12-13-14-15-16-19-22-27-26(31)28-25(29)23-20-17-18-21-24(23)30-4-2/h17-18,20-21H,3-16,19,22H2,1-2H3,(H2,27,28,29,31). The minimum absolute atomic E-state index is 0.234. The molecular weight excluding hydrogens is 404 g/mol. The predicted octanol–water partition coefficient (Wildman–Crippen LogP) is 7.17. The summed E-state index contributed by atoms with van der Waals surface area (Å²) in [5, 5.41) is 6.26. The molecule has 0 bridgehead atoms. The number of thiocarbonyl (C=S) groups is 1. The molecule has 0 radical (unpaired) electrons. The minimum atomic E-state index is -0.234. The molecule has 0 aliphatic heterocycles. The molecule has 0 aliphatic carbocycles. The number of hydrogen-bond acceptors (Lipinski definition) is 3. The molecule has 0 saturated carbocycles. The van der Waals surface area contributed by atoms with E-state index in [1.165, 1.54) is 83.5 Å². The van der Waals surface area contributed by atoms with Crippen LogP contribution in [0, 0.1) is 0 Å². The number of hydrogen-bond donors (Lipinski definition) is 2. The van der Waals surface area contributed by atoms with Gasteiger partial charge in [0.15, 0.2) is 5.11 Å². The van der Waals surface area contributed by atoms with Crippen molar-refractivity contribution in [3.05, 3.63) is 29.8 Å². The molecule has 2 N–H and O–H groups in total. The number of nitrogens with one attached hydrogen (secondary N) is 2. The van der Waals surface area contributed by atoms with Crippen molar-refractivity contribution in [1.82, 2.24) is 10.6 Å². The molecule has 176 valence electrons. The molecule has 0 spiro atoms. The van der Waals surface area contributed by atoms with Gasteiger partial charge < -0.3 is 10.1 Å². The summed E-state index contributed by atoms with van der Waals surface area (Å²) in [6, 6.07) is 7.22. The zero-order chi connectivity index (χ0) is 22.6. The van der Waals surface area contributed by atoms with Gasteiger partial charge in [-0.2, -0.15) is 0 Å². The van der Waals surface area contributed by atoms with E-state index >= 15 is 0 Å². The number of ether oxygens (including phenoxy) is 1. The van der Waals surface area contributed by atoms with E-state index in [0.29, 0.717) is 23.0 Å². The van der Waals surface area contributed by atoms with Gasteiger partial charge in [0.1, 0.15) is 5.75 Å². The highest BCUT2D eigenvalue weighted by molar-refractivity contribution is 7.80. The lowest BCUT2D eigenvalue weighted by molar-refractivity contribution is 0.0973. The van der Waals surface area contributed by atoms with Crippen LogP contribution in [0.5, 0.6) is 5.75 Å². The van der Waals surface area contributed by atoms with Gasteiger partial charge >= 0.3 is 0 Å². The maximum absolute atomic E-state index is 12.4. The molecule has 0 aliphatic rings. The van der Waals surface area contributed by atoms with Crippen LogP contribution in [0.4, 0.5) is 0 Å². The Balaban J connectivity index is 1.96. The third-order valence-corrected chi connectivity index (χ3v) is 5.72. The Morgan fingerprint density at radius 3 is 1.87 bits per heavy atom. The number of unbranched alkanes of at least 4 members (excludes halogenated alkanes) is 13. The van der Waals surface area contributed by atoms with Crippen LogP contribution >= 0.6 is 12.2 Å². The second kappa shape index (κ2) is 19.1. The Kier molecular flexibility index (Phi) is 16.9. The van der Waals surface area contributed by atoms with E-state index < -0.39 is 0 Å². The maximum atomic E-state index is 12.4. The first-order valence-electron chi connectivity index (χ1n) is 12.5. The van der Waals surface area contributed by atoms with E-state index in [4.69, 9.17) is 17.0 Å². The Bertz CT molecular complexity index is 607. The number of benzene rings is 1. The molecule has 1 rings (SSSR count). The van der Waals surface area contributed by atoms with E-state index in [1.807, 2.05) is 19.1 Å². The van der Waals surface area contributed by atoms with Crippen LogP contribution < -0.4 is 15.4 Å². The first-order chi connectivity index (χ1) is 15.2. The lowest BCUT2D eigenvalue weighted by Crippen LogP contribution is -2.39. The van der Waals surface area contributed by atoms with Crippen molar-refractivity contribution in [1.29, 1.82) is 0 Å². The molecule has 1 aromatic carbocycles. The number of amides is 1. The average molecular weight is 449 g/mol. The zero-order valence-electron chi connectivity index (χ0n) is 19.8. The lowest BCUT2D eigenvalue weighted by Gasteiger charge is -2.12. The Labute approximate surface area is 195 Å². The molecule has 31 heavy (non-hydrogen) atoms. The topological polar surface area (TPSA) is 50.4 Å². The summed E-state index contributed by atoms with van der Waals surface area (Å²) in [5.41, 5.74) is 0.505. The van der Waals surface area contributed by atoms with Crippen molar-refractivity contribution in [2.45, 2.75) is 104 Å². The molecule has 0 unspecified atom stereocenters. The van der Waals surface area contributed by atoms with E-state index in [0.717, 1.165) is 13.0 Å². The monoisotopic (exact) mass is 448 g/mol. The minimum Gasteiger partial charge on any atom is -0.493 e. The van der Waals surface area contributed by atoms with Crippen LogP contribution in [0.1, 0.15) is 114 Å². The third kappa shape index (κ3) is 14.1. The van der Waals surface area contributed by atoms with Gasteiger partial charge in [0.2, 0.25) is 0 Å². The van der Waals surface area contributed by atoms with Crippen molar-refractivity contribution in [2.75, 3.05) is 13.2 Å². The van der Waals surface area contributed by atoms with Crippen LogP contribution in [0.2, 0.25) is 0 Å². The summed E-state index contributed by atoms with van der Waals surface area (Å²) in [5.74, 6) is 0.347. The van der Waals surface area contributed by atoms with Gasteiger partial charge in [-0.25, -0.2) is 0 Å². The number of carbonyl (C=O) groups excluding carboxylic acids is 1. The van der Waals surface area contributed by atoms with Crippen molar-refractivity contribution in [3.8, 4) is 5.75 Å². The molecule has 4 nitrogen and oxygen atoms in total. The molecular formula is C26H44N2O2S. The van der Waals surface area contributed by atoms with Gasteiger partial charge in [0.05, 0.1) is 12.2 Å². The van der Waals surface area contributed by atoms with Crippen LogP contribution in [0.15, 0.2) is 24.3 Å². The highest BCUT2D eigenvalue weighted by Crippen LogP contribution is 2.17. The van der Waals surface area contributed by atoms with Crippen molar-refractivity contribution in [3.63, 3.8) is 0 Å². The van der Waals surface area contributed by atoms with Crippen LogP contribution in [-0.2, 0) is 0 Å². The van der Waals surface area contributed by atoms with Crippen molar-refractivity contribution in [2.24, 2.45) is 0 Å². The number of carbonyl (C=O) groups is 1. The molecule has 0 saturated heterocycles. The Hall–Kier alpha value is -1.62. The summed E-state index contributed by atoms with van der Waals surface area (Å²) in [6.45, 7) is 5.49. The van der Waals surface area contributed by atoms with Crippen molar-refractivity contribution >= 4 is 23.2 Å². The van der Waals surface area contributed by atoms with Gasteiger partial charge in [-0.15, -0.1) is 0 Å². The second-order valence-electron chi connectivity index (χ2n) is 8.24. The summed E-state index contributed by atoms with van der Waals surface area (Å²) < 4.78 is 5.51. The Morgan fingerprint density at radius 2 is 1.32 bits per heavy atom. The lowest BCUT2D eigenvalue weighted by atomic mass is 10.0. The third-order valence-electron chi connectivity index (χ3n) is 5.47. The fourth-order valence-electron chi connectivity index (χ4n) is 3.67. The molecule has 5 heteroatoms. The van der Waals surface area contributed by atoms with Crippen LogP contribution in [0.3, 0.4) is 0 Å². The van der Waals surface area contributed by atoms with Gasteiger partial charge in [-0.3, -0.25) is 10.1 Å². The molecule has 0 aromatic heterocycles. The highest BCUT2D eigenvalue weighted by atomic mass is 32.1. The summed E-state index contributed by atoms with van der Waals surface area (Å²) in [7, 11) is 0. The quantitative estimate of drug-likeness (QED) is 0.185.